The molecule has 0 amide bonds. The largest absolute Gasteiger partial charge is 0.493 e. The van der Waals surface area contributed by atoms with Crippen molar-refractivity contribution in [3.05, 3.63) is 46.6 Å². The van der Waals surface area contributed by atoms with E-state index in [1.54, 1.807) is 18.2 Å². The normalized spacial score (nSPS) is 16.8. The second-order valence-electron chi connectivity index (χ2n) is 5.22. The lowest BCUT2D eigenvalue weighted by Gasteiger charge is -2.27. The Morgan fingerprint density at radius 1 is 1.28 bits per heavy atom. The van der Waals surface area contributed by atoms with Crippen LogP contribution in [0.15, 0.2) is 41.0 Å². The molecule has 1 atom stereocenters. The zero-order valence-electron chi connectivity index (χ0n) is 14.6. The maximum absolute atomic E-state index is 12.4. The lowest BCUT2D eigenvalue weighted by atomic mass is 9.82. The lowest BCUT2D eigenvalue weighted by molar-refractivity contribution is -0.136. The molecule has 2 rings (SSSR count). The van der Waals surface area contributed by atoms with Crippen molar-refractivity contribution in [1.29, 1.82) is 5.26 Å². The summed E-state index contributed by atoms with van der Waals surface area (Å²) < 4.78 is 20.9. The van der Waals surface area contributed by atoms with E-state index in [9.17, 15) is 10.1 Å². The van der Waals surface area contributed by atoms with Gasteiger partial charge >= 0.3 is 5.97 Å². The van der Waals surface area contributed by atoms with E-state index in [4.69, 9.17) is 24.7 Å². The molecule has 132 valence electrons. The fourth-order valence-corrected chi connectivity index (χ4v) is 2.78. The first-order valence-electron chi connectivity index (χ1n) is 7.63. The molecule has 7 heteroatoms. The summed E-state index contributed by atoms with van der Waals surface area (Å²) in [5, 5.41) is 9.55. The first kappa shape index (κ1) is 18.2. The standard InChI is InChI=1S/C18H20N2O5/c1-5-12-16(18(21)24-4)15(11(9-19)17(20)25-12)10-6-7-13(22-2)14(8-10)23-3/h6-8,15H,5,20H2,1-4H3/t15-/m0/s1. The average molecular weight is 344 g/mol. The molecule has 0 aromatic heterocycles. The average Bonchev–Trinajstić information content (AvgIpc) is 2.65. The highest BCUT2D eigenvalue weighted by Crippen LogP contribution is 2.42. The van der Waals surface area contributed by atoms with Gasteiger partial charge in [-0.25, -0.2) is 4.79 Å². The first-order chi connectivity index (χ1) is 12.0. The van der Waals surface area contributed by atoms with Crippen molar-refractivity contribution in [3.63, 3.8) is 0 Å². The Hall–Kier alpha value is -3.14. The Morgan fingerprint density at radius 3 is 2.48 bits per heavy atom. The SMILES string of the molecule is CCC1=C(C(=O)OC)[C@@H](c2ccc(OC)c(OC)c2)C(C#N)=C(N)O1. The van der Waals surface area contributed by atoms with Gasteiger partial charge in [0.05, 0.1) is 32.8 Å². The third-order valence-electron chi connectivity index (χ3n) is 3.96. The van der Waals surface area contributed by atoms with Crippen LogP contribution >= 0.6 is 0 Å². The summed E-state index contributed by atoms with van der Waals surface area (Å²) in [5.74, 6) is 0.0884. The van der Waals surface area contributed by atoms with Gasteiger partial charge in [0.1, 0.15) is 17.4 Å². The van der Waals surface area contributed by atoms with Crippen LogP contribution in [0, 0.1) is 11.3 Å². The number of nitrogens with two attached hydrogens (primary N) is 1. The minimum atomic E-state index is -0.707. The summed E-state index contributed by atoms with van der Waals surface area (Å²) in [6, 6.07) is 7.19. The quantitative estimate of drug-likeness (QED) is 0.818. The van der Waals surface area contributed by atoms with Gasteiger partial charge in [-0.15, -0.1) is 0 Å². The maximum atomic E-state index is 12.4. The van der Waals surface area contributed by atoms with Crippen LogP contribution in [0.2, 0.25) is 0 Å². The van der Waals surface area contributed by atoms with Gasteiger partial charge < -0.3 is 24.7 Å². The predicted molar refractivity (Wildman–Crippen MR) is 89.5 cm³/mol. The maximum Gasteiger partial charge on any atom is 0.338 e. The summed E-state index contributed by atoms with van der Waals surface area (Å²) >= 11 is 0. The van der Waals surface area contributed by atoms with Crippen LogP contribution in [0.25, 0.3) is 0 Å². The highest BCUT2D eigenvalue weighted by molar-refractivity contribution is 5.92. The summed E-state index contributed by atoms with van der Waals surface area (Å²) in [7, 11) is 4.32. The van der Waals surface area contributed by atoms with Crippen molar-refractivity contribution in [1.82, 2.24) is 0 Å². The van der Waals surface area contributed by atoms with Gasteiger partial charge in [-0.05, 0) is 17.7 Å². The van der Waals surface area contributed by atoms with E-state index < -0.39 is 11.9 Å². The second-order valence-corrected chi connectivity index (χ2v) is 5.22. The monoisotopic (exact) mass is 344 g/mol. The van der Waals surface area contributed by atoms with Crippen LogP contribution in [0.4, 0.5) is 0 Å². The molecule has 0 unspecified atom stereocenters. The van der Waals surface area contributed by atoms with Crippen LogP contribution in [-0.2, 0) is 14.3 Å². The Morgan fingerprint density at radius 2 is 1.96 bits per heavy atom. The number of esters is 1. The molecule has 0 radical (unpaired) electrons. The molecule has 0 bridgehead atoms. The number of allylic oxidation sites excluding steroid dienone is 2. The van der Waals surface area contributed by atoms with Gasteiger partial charge in [-0.3, -0.25) is 0 Å². The molecule has 1 aromatic rings. The number of carbonyl (C=O) groups excluding carboxylic acids is 1. The van der Waals surface area contributed by atoms with Crippen molar-refractivity contribution in [2.45, 2.75) is 19.3 Å². The Kier molecular flexibility index (Phi) is 5.55. The smallest absolute Gasteiger partial charge is 0.338 e. The fourth-order valence-electron chi connectivity index (χ4n) is 2.78. The van der Waals surface area contributed by atoms with Crippen molar-refractivity contribution in [2.24, 2.45) is 5.73 Å². The van der Waals surface area contributed by atoms with E-state index >= 15 is 0 Å². The highest BCUT2D eigenvalue weighted by Gasteiger charge is 2.37. The lowest BCUT2D eigenvalue weighted by Crippen LogP contribution is -2.25. The number of carbonyl (C=O) groups is 1. The molecular weight excluding hydrogens is 324 g/mol. The second kappa shape index (κ2) is 7.62. The zero-order valence-corrected chi connectivity index (χ0v) is 14.6. The van der Waals surface area contributed by atoms with Crippen LogP contribution in [0.5, 0.6) is 11.5 Å². The van der Waals surface area contributed by atoms with Gasteiger partial charge in [0, 0.05) is 6.42 Å². The summed E-state index contributed by atoms with van der Waals surface area (Å²) in [6.45, 7) is 1.83. The van der Waals surface area contributed by atoms with Crippen molar-refractivity contribution in [3.8, 4) is 17.6 Å². The number of methoxy groups -OCH3 is 3. The number of nitrogens with zero attached hydrogens (tertiary/aromatic N) is 1. The summed E-state index contributed by atoms with van der Waals surface area (Å²) in [4.78, 5) is 12.4. The molecule has 0 spiro atoms. The number of nitriles is 1. The molecule has 1 heterocycles. The fraction of sp³-hybridized carbons (Fsp3) is 0.333. The molecular formula is C18H20N2O5. The number of rotatable bonds is 5. The number of ether oxygens (including phenoxy) is 4. The number of benzene rings is 1. The van der Waals surface area contributed by atoms with Crippen LogP contribution in [0.3, 0.4) is 0 Å². The highest BCUT2D eigenvalue weighted by atomic mass is 16.5. The van der Waals surface area contributed by atoms with Gasteiger partial charge in [0.25, 0.3) is 0 Å². The van der Waals surface area contributed by atoms with E-state index in [0.29, 0.717) is 29.2 Å². The molecule has 1 aliphatic heterocycles. The minimum Gasteiger partial charge on any atom is -0.493 e. The van der Waals surface area contributed by atoms with Crippen LogP contribution in [-0.4, -0.2) is 27.3 Å². The van der Waals surface area contributed by atoms with E-state index in [2.05, 4.69) is 0 Å². The number of hydrogen-bond acceptors (Lipinski definition) is 7. The molecule has 0 aliphatic carbocycles. The molecule has 1 aliphatic rings. The van der Waals surface area contributed by atoms with Crippen LogP contribution < -0.4 is 15.2 Å². The zero-order chi connectivity index (χ0) is 18.6. The first-order valence-corrected chi connectivity index (χ1v) is 7.63. The van der Waals surface area contributed by atoms with Crippen LogP contribution in [0.1, 0.15) is 24.8 Å². The topological polar surface area (TPSA) is 104 Å². The van der Waals surface area contributed by atoms with Gasteiger partial charge in [0.15, 0.2) is 11.5 Å². The third-order valence-corrected chi connectivity index (χ3v) is 3.96. The molecule has 7 nitrogen and oxygen atoms in total. The van der Waals surface area contributed by atoms with Crippen molar-refractivity contribution >= 4 is 5.97 Å². The van der Waals surface area contributed by atoms with E-state index in [1.807, 2.05) is 13.0 Å². The van der Waals surface area contributed by atoms with E-state index in [0.717, 1.165) is 0 Å². The molecule has 25 heavy (non-hydrogen) atoms. The molecule has 1 aromatic carbocycles. The number of hydrogen-bond donors (Lipinski definition) is 1. The van der Waals surface area contributed by atoms with Crippen molar-refractivity contribution < 1.29 is 23.7 Å². The third kappa shape index (κ3) is 3.24. The molecule has 0 saturated carbocycles. The van der Waals surface area contributed by atoms with Crippen molar-refractivity contribution in [2.75, 3.05) is 21.3 Å². The summed E-state index contributed by atoms with van der Waals surface area (Å²) in [5.41, 5.74) is 6.95. The molecule has 0 fully saturated rings. The van der Waals surface area contributed by atoms with Gasteiger partial charge in [-0.2, -0.15) is 5.26 Å². The summed E-state index contributed by atoms with van der Waals surface area (Å²) in [6.07, 6.45) is 0.424. The Labute approximate surface area is 146 Å². The Bertz CT molecular complexity index is 789. The predicted octanol–water partition coefficient (Wildman–Crippen LogP) is 2.35. The Balaban J connectivity index is 2.71. The van der Waals surface area contributed by atoms with Gasteiger partial charge in [-0.1, -0.05) is 13.0 Å². The molecule has 2 N–H and O–H groups in total. The van der Waals surface area contributed by atoms with Gasteiger partial charge in [0.2, 0.25) is 5.88 Å². The van der Waals surface area contributed by atoms with E-state index in [1.165, 1.54) is 21.3 Å². The van der Waals surface area contributed by atoms with E-state index in [-0.39, 0.29) is 17.0 Å². The molecule has 0 saturated heterocycles. The minimum absolute atomic E-state index is 0.0215.